The first-order chi connectivity index (χ1) is 23.3. The van der Waals surface area contributed by atoms with Crippen molar-refractivity contribution in [2.45, 2.75) is 106 Å². The fourth-order valence-electron chi connectivity index (χ4n) is 6.05. The summed E-state index contributed by atoms with van der Waals surface area (Å²) in [5.74, 6) is -0.503. The van der Waals surface area contributed by atoms with E-state index in [1.165, 1.54) is 18.2 Å². The Labute approximate surface area is 277 Å². The van der Waals surface area contributed by atoms with E-state index in [0.717, 1.165) is 6.92 Å². The molecular weight excluding hydrogens is 662 g/mol. The van der Waals surface area contributed by atoms with Gasteiger partial charge in [-0.05, 0) is 24.6 Å². The molecule has 19 nitrogen and oxygen atoms in total. The Bertz CT molecular complexity index is 1490. The third-order valence-electron chi connectivity index (χ3n) is 8.65. The molecule has 15 atom stereocenters. The van der Waals surface area contributed by atoms with E-state index in [0.29, 0.717) is 10.9 Å². The van der Waals surface area contributed by atoms with E-state index in [2.05, 4.69) is 5.32 Å². The van der Waals surface area contributed by atoms with Gasteiger partial charge in [0.2, 0.25) is 12.2 Å². The molecule has 1 aromatic heterocycles. The van der Waals surface area contributed by atoms with E-state index in [-0.39, 0.29) is 11.3 Å². The average molecular weight is 704 g/mol. The lowest BCUT2D eigenvalue weighted by atomic mass is 9.95. The third kappa shape index (κ3) is 7.75. The van der Waals surface area contributed by atoms with Gasteiger partial charge in [-0.1, -0.05) is 0 Å². The molecule has 274 valence electrons. The molecule has 19 heteroatoms. The van der Waals surface area contributed by atoms with E-state index in [9.17, 15) is 55.5 Å². The van der Waals surface area contributed by atoms with Gasteiger partial charge < -0.3 is 84.1 Å². The summed E-state index contributed by atoms with van der Waals surface area (Å²) < 4.78 is 39.4. The minimum atomic E-state index is -1.96. The molecule has 0 radical (unpaired) electrons. The Kier molecular flexibility index (Phi) is 11.9. The van der Waals surface area contributed by atoms with Crippen LogP contribution in [0.3, 0.4) is 0 Å². The largest absolute Gasteiger partial charge is 0.462 e. The lowest BCUT2D eigenvalue weighted by Crippen LogP contribution is -2.68. The summed E-state index contributed by atoms with van der Waals surface area (Å²) >= 11 is 0. The van der Waals surface area contributed by atoms with Crippen LogP contribution in [0.15, 0.2) is 33.5 Å². The van der Waals surface area contributed by atoms with Gasteiger partial charge in [-0.3, -0.25) is 4.79 Å². The fraction of sp³-hybridized carbons (Fsp3) is 0.667. The molecule has 0 aliphatic carbocycles. The maximum atomic E-state index is 12.2. The number of hydrogen-bond donors (Lipinski definition) is 10. The summed E-state index contributed by atoms with van der Waals surface area (Å²) in [7, 11) is 0. The zero-order valence-corrected chi connectivity index (χ0v) is 26.3. The van der Waals surface area contributed by atoms with Crippen molar-refractivity contribution < 1.29 is 83.6 Å². The number of carbonyl (C=O) groups excluding carboxylic acids is 1. The van der Waals surface area contributed by atoms with Crippen molar-refractivity contribution in [1.82, 2.24) is 5.32 Å². The number of rotatable bonds is 10. The minimum Gasteiger partial charge on any atom is -0.462 e. The summed E-state index contributed by atoms with van der Waals surface area (Å²) in [6.07, 6.45) is -23.6. The highest BCUT2D eigenvalue weighted by Gasteiger charge is 2.54. The van der Waals surface area contributed by atoms with Gasteiger partial charge in [-0.25, -0.2) is 4.79 Å². The Balaban J connectivity index is 1.36. The van der Waals surface area contributed by atoms with Gasteiger partial charge in [0.15, 0.2) is 12.6 Å². The number of nitrogens with one attached hydrogen (secondary N) is 1. The van der Waals surface area contributed by atoms with Crippen molar-refractivity contribution in [3.8, 4) is 5.75 Å². The van der Waals surface area contributed by atoms with Crippen molar-refractivity contribution in [3.05, 3.63) is 40.2 Å². The normalized spacial score (nSPS) is 39.9. The van der Waals surface area contributed by atoms with Crippen molar-refractivity contribution >= 4 is 16.9 Å². The molecule has 49 heavy (non-hydrogen) atoms. The number of aryl methyl sites for hydroxylation is 1. The van der Waals surface area contributed by atoms with Gasteiger partial charge in [0.25, 0.3) is 0 Å². The number of amides is 1. The predicted octanol–water partition coefficient (Wildman–Crippen LogP) is -4.93. The number of aliphatic hydroxyl groups excluding tert-OH is 9. The first-order valence-electron chi connectivity index (χ1n) is 15.4. The molecule has 3 fully saturated rings. The highest BCUT2D eigenvalue weighted by atomic mass is 16.8. The summed E-state index contributed by atoms with van der Waals surface area (Å²) in [5.41, 5.74) is 0.258. The van der Waals surface area contributed by atoms with Gasteiger partial charge in [-0.15, -0.1) is 0 Å². The van der Waals surface area contributed by atoms with E-state index in [1.54, 1.807) is 13.0 Å². The molecule has 1 amide bonds. The Hall–Kier alpha value is -2.86. The molecule has 10 N–H and O–H groups in total. The van der Waals surface area contributed by atoms with Crippen LogP contribution in [0.4, 0.5) is 0 Å². The lowest BCUT2D eigenvalue weighted by molar-refractivity contribution is -0.374. The summed E-state index contributed by atoms with van der Waals surface area (Å²) in [6.45, 7) is 0.464. The first-order valence-corrected chi connectivity index (χ1v) is 15.4. The minimum absolute atomic E-state index is 0.115. The number of fused-ring (bicyclic) bond motifs is 1. The molecule has 3 aliphatic rings. The number of hydrogen-bond acceptors (Lipinski definition) is 18. The predicted molar refractivity (Wildman–Crippen MR) is 158 cm³/mol. The van der Waals surface area contributed by atoms with Gasteiger partial charge >= 0.3 is 5.63 Å². The molecule has 4 heterocycles. The van der Waals surface area contributed by atoms with Crippen molar-refractivity contribution in [3.63, 3.8) is 0 Å². The second-order valence-corrected chi connectivity index (χ2v) is 12.1. The van der Waals surface area contributed by atoms with Crippen LogP contribution in [0.25, 0.3) is 11.0 Å². The average Bonchev–Trinajstić information content (AvgIpc) is 3.06. The van der Waals surface area contributed by atoms with E-state index >= 15 is 0 Å². The first kappa shape index (κ1) is 37.4. The zero-order valence-electron chi connectivity index (χ0n) is 26.3. The van der Waals surface area contributed by atoms with Crippen LogP contribution in [-0.2, 0) is 28.5 Å². The van der Waals surface area contributed by atoms with Crippen LogP contribution in [0.2, 0.25) is 0 Å². The van der Waals surface area contributed by atoms with Crippen molar-refractivity contribution in [2.75, 3.05) is 19.8 Å². The van der Waals surface area contributed by atoms with Crippen LogP contribution >= 0.6 is 0 Å². The maximum absolute atomic E-state index is 12.2. The van der Waals surface area contributed by atoms with Crippen LogP contribution in [0.1, 0.15) is 12.5 Å². The van der Waals surface area contributed by atoms with Crippen molar-refractivity contribution in [2.24, 2.45) is 0 Å². The monoisotopic (exact) mass is 703 g/mol. The smallest absolute Gasteiger partial charge is 0.336 e. The fourth-order valence-corrected chi connectivity index (χ4v) is 6.05. The van der Waals surface area contributed by atoms with E-state index < -0.39 is 123 Å². The molecule has 6 unspecified atom stereocenters. The quantitative estimate of drug-likeness (QED) is 0.104. The van der Waals surface area contributed by atoms with Crippen LogP contribution < -0.4 is 15.7 Å². The van der Waals surface area contributed by atoms with Crippen LogP contribution in [-0.4, -0.2) is 164 Å². The second-order valence-electron chi connectivity index (χ2n) is 12.1. The maximum Gasteiger partial charge on any atom is 0.336 e. The topological polar surface area (TPSA) is 297 Å². The van der Waals surface area contributed by atoms with E-state index in [1.807, 2.05) is 0 Å². The van der Waals surface area contributed by atoms with Crippen LogP contribution in [0.5, 0.6) is 5.75 Å². The Morgan fingerprint density at radius 2 is 1.33 bits per heavy atom. The molecule has 5 rings (SSSR count). The SMILES string of the molecule is CC(=O)NC1[C@H](Oc2ccc3c(C)cc(=O)oc3c2)OC(CO)[C@@H](O[C@@H]2O[C@@H](CO)[C@H](O)C(O[C@H]3OC(CO)[C@H](O)[C@H](O)C3O)C2O)[C@@H]1O. The highest BCUT2D eigenvalue weighted by Crippen LogP contribution is 2.33. The summed E-state index contributed by atoms with van der Waals surface area (Å²) in [5, 5.41) is 96.9. The molecule has 3 aliphatic heterocycles. The Morgan fingerprint density at radius 1 is 0.735 bits per heavy atom. The zero-order chi connectivity index (χ0) is 35.7. The molecule has 2 aromatic rings. The molecule has 0 saturated carbocycles. The lowest BCUT2D eigenvalue weighted by Gasteiger charge is -2.48. The highest BCUT2D eigenvalue weighted by molar-refractivity contribution is 5.81. The standard InChI is InChI=1S/C30H41NO18/c1-10-5-18(36)44-14-6-12(3-4-13(10)14)43-28-19(31-11(2)35)22(39)26(17(9-34)47-28)48-30-25(42)27(21(38)16(8-33)46-30)49-29-24(41)23(40)20(37)15(7-32)45-29/h3-6,15-17,19-30,32-34,37-42H,7-9H2,1-2H3,(H,31,35)/t15?,16-,17?,19?,20-,21-,22+,23-,24?,25?,26+,27?,28+,29+,30-/m0/s1. The van der Waals surface area contributed by atoms with Gasteiger partial charge in [-0.2, -0.15) is 0 Å². The third-order valence-corrected chi connectivity index (χ3v) is 8.65. The second kappa shape index (κ2) is 15.6. The number of benzene rings is 1. The molecule has 3 saturated heterocycles. The number of aliphatic hydroxyl groups is 9. The van der Waals surface area contributed by atoms with Gasteiger partial charge in [0.05, 0.1) is 19.8 Å². The van der Waals surface area contributed by atoms with E-state index in [4.69, 9.17) is 32.8 Å². The Morgan fingerprint density at radius 3 is 1.96 bits per heavy atom. The van der Waals surface area contributed by atoms with Crippen LogP contribution in [0, 0.1) is 6.92 Å². The number of carbonyl (C=O) groups is 1. The molecule has 0 spiro atoms. The molecule has 0 bridgehead atoms. The van der Waals surface area contributed by atoms with Crippen molar-refractivity contribution in [1.29, 1.82) is 0 Å². The molecule has 1 aromatic carbocycles. The van der Waals surface area contributed by atoms with Gasteiger partial charge in [0.1, 0.15) is 84.5 Å². The summed E-state index contributed by atoms with van der Waals surface area (Å²) in [4.78, 5) is 24.1. The summed E-state index contributed by atoms with van der Waals surface area (Å²) in [6, 6.07) is 4.52. The van der Waals surface area contributed by atoms with Gasteiger partial charge in [0, 0.05) is 24.4 Å². The number of ether oxygens (including phenoxy) is 6. The molecular formula is C30H41NO18.